The minimum absolute atomic E-state index is 0.0519. The Balaban J connectivity index is 2.17. The Morgan fingerprint density at radius 2 is 2.32 bits per heavy atom. The third kappa shape index (κ3) is 2.23. The molecule has 2 heterocycles. The lowest BCUT2D eigenvalue weighted by Gasteiger charge is -2.23. The zero-order valence-corrected chi connectivity index (χ0v) is 11.7. The van der Waals surface area contributed by atoms with Crippen LogP contribution in [0.1, 0.15) is 25.5 Å². The van der Waals surface area contributed by atoms with Gasteiger partial charge in [0.25, 0.3) is 5.69 Å². The second kappa shape index (κ2) is 4.90. The Kier molecular flexibility index (Phi) is 3.24. The van der Waals surface area contributed by atoms with Crippen molar-refractivity contribution in [2.24, 2.45) is 0 Å². The summed E-state index contributed by atoms with van der Waals surface area (Å²) in [6, 6.07) is 3.33. The standard InChI is InChI=1S/C12H12BrN3O3/c13-9-5-8-7-14-15(11-3-1-2-4-19-11)12(8)10(6-9)16(17)18/h5-7,11H,1-4H2. The summed E-state index contributed by atoms with van der Waals surface area (Å²) in [5, 5.41) is 16.2. The van der Waals surface area contributed by atoms with Crippen molar-refractivity contribution in [1.29, 1.82) is 0 Å². The van der Waals surface area contributed by atoms with Crippen LogP contribution >= 0.6 is 15.9 Å². The van der Waals surface area contributed by atoms with E-state index in [1.54, 1.807) is 10.9 Å². The van der Waals surface area contributed by atoms with Gasteiger partial charge in [0.05, 0.1) is 11.1 Å². The van der Waals surface area contributed by atoms with E-state index < -0.39 is 0 Å². The van der Waals surface area contributed by atoms with Crippen LogP contribution in [0.5, 0.6) is 0 Å². The number of aromatic nitrogens is 2. The fraction of sp³-hybridized carbons (Fsp3) is 0.417. The first-order valence-electron chi connectivity index (χ1n) is 6.09. The van der Waals surface area contributed by atoms with Gasteiger partial charge in [-0.2, -0.15) is 5.10 Å². The molecule has 100 valence electrons. The summed E-state index contributed by atoms with van der Waals surface area (Å²) in [5.74, 6) is 0. The molecule has 0 amide bonds. The van der Waals surface area contributed by atoms with Crippen LogP contribution in [0.15, 0.2) is 22.8 Å². The predicted molar refractivity (Wildman–Crippen MR) is 72.9 cm³/mol. The summed E-state index contributed by atoms with van der Waals surface area (Å²) in [6.07, 6.45) is 4.36. The van der Waals surface area contributed by atoms with E-state index >= 15 is 0 Å². The van der Waals surface area contributed by atoms with E-state index in [1.807, 2.05) is 6.07 Å². The Hall–Kier alpha value is -1.47. The molecule has 1 atom stereocenters. The van der Waals surface area contributed by atoms with Crippen molar-refractivity contribution in [2.75, 3.05) is 6.61 Å². The lowest BCUT2D eigenvalue weighted by atomic mass is 10.2. The first-order chi connectivity index (χ1) is 9.16. The summed E-state index contributed by atoms with van der Waals surface area (Å²) in [5.41, 5.74) is 0.580. The molecule has 0 aliphatic carbocycles. The molecular weight excluding hydrogens is 314 g/mol. The summed E-state index contributed by atoms with van der Waals surface area (Å²) in [7, 11) is 0. The highest BCUT2D eigenvalue weighted by atomic mass is 79.9. The summed E-state index contributed by atoms with van der Waals surface area (Å²) >= 11 is 3.28. The van der Waals surface area contributed by atoms with Crippen LogP contribution in [-0.4, -0.2) is 21.3 Å². The van der Waals surface area contributed by atoms with Gasteiger partial charge in [-0.15, -0.1) is 0 Å². The fourth-order valence-corrected chi connectivity index (χ4v) is 2.87. The van der Waals surface area contributed by atoms with Crippen molar-refractivity contribution in [2.45, 2.75) is 25.5 Å². The van der Waals surface area contributed by atoms with Crippen molar-refractivity contribution < 1.29 is 9.66 Å². The van der Waals surface area contributed by atoms with Gasteiger partial charge in [0.15, 0.2) is 6.23 Å². The first kappa shape index (κ1) is 12.6. The third-order valence-electron chi connectivity index (χ3n) is 3.26. The molecule has 1 aliphatic heterocycles. The smallest absolute Gasteiger partial charge is 0.296 e. The summed E-state index contributed by atoms with van der Waals surface area (Å²) in [6.45, 7) is 0.677. The third-order valence-corrected chi connectivity index (χ3v) is 3.72. The number of nitro benzene ring substituents is 1. The molecular formula is C12H12BrN3O3. The van der Waals surface area contributed by atoms with E-state index in [0.717, 1.165) is 24.6 Å². The number of benzene rings is 1. The molecule has 7 heteroatoms. The Morgan fingerprint density at radius 1 is 1.47 bits per heavy atom. The number of nitrogens with zero attached hydrogens (tertiary/aromatic N) is 3. The molecule has 0 spiro atoms. The molecule has 2 aromatic rings. The van der Waals surface area contributed by atoms with Gasteiger partial charge in [0.2, 0.25) is 0 Å². The molecule has 0 radical (unpaired) electrons. The number of rotatable bonds is 2. The monoisotopic (exact) mass is 325 g/mol. The minimum Gasteiger partial charge on any atom is -0.356 e. The SMILES string of the molecule is O=[N+]([O-])c1cc(Br)cc2cnn(C3CCCCO3)c12. The van der Waals surface area contributed by atoms with E-state index in [0.29, 0.717) is 16.6 Å². The van der Waals surface area contributed by atoms with Gasteiger partial charge in [0.1, 0.15) is 5.52 Å². The molecule has 1 fully saturated rings. The largest absolute Gasteiger partial charge is 0.356 e. The van der Waals surface area contributed by atoms with Crippen LogP contribution in [0.2, 0.25) is 0 Å². The van der Waals surface area contributed by atoms with Crippen molar-refractivity contribution in [3.8, 4) is 0 Å². The average molecular weight is 326 g/mol. The molecule has 1 aliphatic rings. The van der Waals surface area contributed by atoms with Gasteiger partial charge in [-0.3, -0.25) is 10.1 Å². The Morgan fingerprint density at radius 3 is 3.00 bits per heavy atom. The number of halogens is 1. The fourth-order valence-electron chi connectivity index (χ4n) is 2.41. The second-order valence-corrected chi connectivity index (χ2v) is 5.45. The van der Waals surface area contributed by atoms with E-state index in [2.05, 4.69) is 21.0 Å². The van der Waals surface area contributed by atoms with E-state index in [4.69, 9.17) is 4.74 Å². The van der Waals surface area contributed by atoms with Crippen LogP contribution < -0.4 is 0 Å². The van der Waals surface area contributed by atoms with Crippen LogP contribution in [-0.2, 0) is 4.74 Å². The maximum absolute atomic E-state index is 11.2. The van der Waals surface area contributed by atoms with Gasteiger partial charge in [0, 0.05) is 22.5 Å². The highest BCUT2D eigenvalue weighted by Crippen LogP contribution is 2.33. The molecule has 1 unspecified atom stereocenters. The molecule has 6 nitrogen and oxygen atoms in total. The number of non-ortho nitro benzene ring substituents is 1. The van der Waals surface area contributed by atoms with Crippen molar-refractivity contribution in [3.63, 3.8) is 0 Å². The molecule has 19 heavy (non-hydrogen) atoms. The zero-order valence-electron chi connectivity index (χ0n) is 10.1. The minimum atomic E-state index is -0.381. The van der Waals surface area contributed by atoms with Crippen LogP contribution in [0.3, 0.4) is 0 Å². The van der Waals surface area contributed by atoms with Crippen molar-refractivity contribution in [1.82, 2.24) is 9.78 Å². The lowest BCUT2D eigenvalue weighted by molar-refractivity contribution is -0.383. The predicted octanol–water partition coefficient (Wildman–Crippen LogP) is 3.41. The molecule has 1 aromatic heterocycles. The average Bonchev–Trinajstić information content (AvgIpc) is 2.82. The number of hydrogen-bond donors (Lipinski definition) is 0. The molecule has 0 bridgehead atoms. The summed E-state index contributed by atoms with van der Waals surface area (Å²) < 4.78 is 7.98. The number of fused-ring (bicyclic) bond motifs is 1. The van der Waals surface area contributed by atoms with E-state index in [1.165, 1.54) is 6.07 Å². The second-order valence-electron chi connectivity index (χ2n) is 4.53. The van der Waals surface area contributed by atoms with Gasteiger partial charge < -0.3 is 4.74 Å². The number of hydrogen-bond acceptors (Lipinski definition) is 4. The maximum Gasteiger partial charge on any atom is 0.296 e. The lowest BCUT2D eigenvalue weighted by Crippen LogP contribution is -2.19. The van der Waals surface area contributed by atoms with Gasteiger partial charge in [-0.25, -0.2) is 4.68 Å². The number of nitro groups is 1. The molecule has 1 aromatic carbocycles. The molecule has 3 rings (SSSR count). The van der Waals surface area contributed by atoms with Crippen molar-refractivity contribution in [3.05, 3.63) is 32.9 Å². The van der Waals surface area contributed by atoms with Gasteiger partial charge >= 0.3 is 0 Å². The first-order valence-corrected chi connectivity index (χ1v) is 6.89. The number of ether oxygens (including phenoxy) is 1. The normalized spacial score (nSPS) is 19.7. The molecule has 0 saturated carbocycles. The van der Waals surface area contributed by atoms with Crippen LogP contribution in [0.4, 0.5) is 5.69 Å². The Bertz CT molecular complexity index is 634. The zero-order chi connectivity index (χ0) is 13.4. The van der Waals surface area contributed by atoms with Crippen LogP contribution in [0, 0.1) is 10.1 Å². The highest BCUT2D eigenvalue weighted by molar-refractivity contribution is 9.10. The molecule has 1 saturated heterocycles. The molecule has 0 N–H and O–H groups in total. The highest BCUT2D eigenvalue weighted by Gasteiger charge is 2.24. The van der Waals surface area contributed by atoms with Gasteiger partial charge in [-0.05, 0) is 25.3 Å². The van der Waals surface area contributed by atoms with Gasteiger partial charge in [-0.1, -0.05) is 15.9 Å². The summed E-state index contributed by atoms with van der Waals surface area (Å²) in [4.78, 5) is 10.8. The quantitative estimate of drug-likeness (QED) is 0.626. The van der Waals surface area contributed by atoms with Crippen LogP contribution in [0.25, 0.3) is 10.9 Å². The topological polar surface area (TPSA) is 70.2 Å². The maximum atomic E-state index is 11.2. The van der Waals surface area contributed by atoms with E-state index in [-0.39, 0.29) is 16.8 Å². The Labute approximate surface area is 117 Å². The van der Waals surface area contributed by atoms with E-state index in [9.17, 15) is 10.1 Å². The van der Waals surface area contributed by atoms with Crippen molar-refractivity contribution >= 4 is 32.5 Å².